The Morgan fingerprint density at radius 1 is 1.13 bits per heavy atom. The number of carbonyl (C=O) groups excluding carboxylic acids is 1. The lowest BCUT2D eigenvalue weighted by atomic mass is 9.99. The number of rotatable bonds is 6. The molecular formula is C24H39N5O. The van der Waals surface area contributed by atoms with Gasteiger partial charge in [0.05, 0.1) is 0 Å². The molecule has 6 heteroatoms. The molecule has 0 aliphatic carbocycles. The number of benzene rings is 1. The van der Waals surface area contributed by atoms with E-state index in [4.69, 9.17) is 0 Å². The number of nitrogens with one attached hydrogen (secondary N) is 2. The van der Waals surface area contributed by atoms with E-state index in [0.717, 1.165) is 44.5 Å². The van der Waals surface area contributed by atoms with Crippen LogP contribution in [0.15, 0.2) is 29.3 Å². The normalized spacial score (nSPS) is 23.1. The Morgan fingerprint density at radius 2 is 1.87 bits per heavy atom. The highest BCUT2D eigenvalue weighted by atomic mass is 16.2. The van der Waals surface area contributed by atoms with Gasteiger partial charge in [0, 0.05) is 51.7 Å². The summed E-state index contributed by atoms with van der Waals surface area (Å²) in [7, 11) is 1.80. The summed E-state index contributed by atoms with van der Waals surface area (Å²) < 4.78 is 0. The molecule has 0 bridgehead atoms. The van der Waals surface area contributed by atoms with Crippen molar-refractivity contribution in [3.63, 3.8) is 0 Å². The van der Waals surface area contributed by atoms with E-state index in [9.17, 15) is 4.79 Å². The molecule has 30 heavy (non-hydrogen) atoms. The maximum Gasteiger partial charge on any atom is 0.225 e. The highest BCUT2D eigenvalue weighted by molar-refractivity contribution is 5.81. The smallest absolute Gasteiger partial charge is 0.225 e. The minimum atomic E-state index is 0.0578. The summed E-state index contributed by atoms with van der Waals surface area (Å²) in [6, 6.07) is 9.18. The fourth-order valence-corrected chi connectivity index (χ4v) is 4.47. The number of piperidine rings is 1. The van der Waals surface area contributed by atoms with Gasteiger partial charge >= 0.3 is 0 Å². The molecule has 2 fully saturated rings. The number of aliphatic imine (C=N–C) groups is 1. The lowest BCUT2D eigenvalue weighted by Gasteiger charge is -2.30. The van der Waals surface area contributed by atoms with Crippen LogP contribution in [0.3, 0.4) is 0 Å². The Bertz CT molecular complexity index is 715. The number of likely N-dealkylation sites (tertiary alicyclic amines) is 2. The van der Waals surface area contributed by atoms with Gasteiger partial charge in [-0.15, -0.1) is 0 Å². The Morgan fingerprint density at radius 3 is 2.53 bits per heavy atom. The van der Waals surface area contributed by atoms with Gasteiger partial charge in [-0.1, -0.05) is 45.0 Å². The number of hydrogen-bond donors (Lipinski definition) is 2. The van der Waals surface area contributed by atoms with Crippen LogP contribution in [0.25, 0.3) is 0 Å². The summed E-state index contributed by atoms with van der Waals surface area (Å²) >= 11 is 0. The summed E-state index contributed by atoms with van der Waals surface area (Å²) in [6.45, 7) is 12.1. The first-order valence-electron chi connectivity index (χ1n) is 11.5. The van der Waals surface area contributed by atoms with Gasteiger partial charge in [-0.05, 0) is 42.9 Å². The molecule has 2 heterocycles. The van der Waals surface area contributed by atoms with Crippen LogP contribution in [0.4, 0.5) is 0 Å². The number of guanidine groups is 1. The Balaban J connectivity index is 1.43. The number of carbonyl (C=O) groups is 1. The van der Waals surface area contributed by atoms with Crippen LogP contribution in [-0.2, 0) is 17.9 Å². The maximum atomic E-state index is 12.2. The predicted octanol–water partition coefficient (Wildman–Crippen LogP) is 2.84. The van der Waals surface area contributed by atoms with Crippen LogP contribution < -0.4 is 10.6 Å². The first-order valence-corrected chi connectivity index (χ1v) is 11.5. The second-order valence-electron chi connectivity index (χ2n) is 9.29. The summed E-state index contributed by atoms with van der Waals surface area (Å²) in [4.78, 5) is 21.1. The average Bonchev–Trinajstić information content (AvgIpc) is 3.20. The molecule has 1 amide bonds. The molecule has 166 valence electrons. The molecule has 2 saturated heterocycles. The summed E-state index contributed by atoms with van der Waals surface area (Å²) in [6.07, 6.45) is 3.64. The third-order valence-electron chi connectivity index (χ3n) is 6.19. The molecular weight excluding hydrogens is 374 g/mol. The lowest BCUT2D eigenvalue weighted by Crippen LogP contribution is -2.45. The molecule has 0 aromatic heterocycles. The van der Waals surface area contributed by atoms with E-state index in [-0.39, 0.29) is 17.9 Å². The summed E-state index contributed by atoms with van der Waals surface area (Å²) in [5.74, 6) is 1.91. The van der Waals surface area contributed by atoms with E-state index < -0.39 is 0 Å². The van der Waals surface area contributed by atoms with Crippen LogP contribution in [0, 0.1) is 11.8 Å². The molecule has 2 unspecified atom stereocenters. The molecule has 1 aromatic rings. The minimum absolute atomic E-state index is 0.0578. The van der Waals surface area contributed by atoms with Crippen LogP contribution in [0.2, 0.25) is 0 Å². The first kappa shape index (κ1) is 22.6. The largest absolute Gasteiger partial charge is 0.352 e. The van der Waals surface area contributed by atoms with Crippen molar-refractivity contribution in [2.45, 2.75) is 59.2 Å². The zero-order valence-corrected chi connectivity index (χ0v) is 19.2. The monoisotopic (exact) mass is 413 g/mol. The molecule has 0 spiro atoms. The number of hydrogen-bond acceptors (Lipinski definition) is 3. The van der Waals surface area contributed by atoms with Crippen molar-refractivity contribution in [1.82, 2.24) is 20.4 Å². The standard InChI is InChI=1S/C24H39N5O/c1-18(2)23(30)29-13-11-22(17-29)27-24(25-4)26-14-20-7-9-21(10-8-20)16-28-12-5-6-19(3)15-28/h7-10,18-19,22H,5-6,11-17H2,1-4H3,(H2,25,26,27). The quantitative estimate of drug-likeness (QED) is 0.556. The maximum absolute atomic E-state index is 12.2. The van der Waals surface area contributed by atoms with Gasteiger partial charge in [0.1, 0.15) is 0 Å². The molecule has 2 atom stereocenters. The van der Waals surface area contributed by atoms with Crippen molar-refractivity contribution in [2.75, 3.05) is 33.2 Å². The van der Waals surface area contributed by atoms with E-state index in [1.165, 1.54) is 37.1 Å². The van der Waals surface area contributed by atoms with Crippen LogP contribution in [0.5, 0.6) is 0 Å². The molecule has 2 aliphatic rings. The zero-order chi connectivity index (χ0) is 21.5. The van der Waals surface area contributed by atoms with Gasteiger partial charge in [0.15, 0.2) is 5.96 Å². The van der Waals surface area contributed by atoms with Crippen molar-refractivity contribution in [3.8, 4) is 0 Å². The average molecular weight is 414 g/mol. The highest BCUT2D eigenvalue weighted by Crippen LogP contribution is 2.18. The minimum Gasteiger partial charge on any atom is -0.352 e. The SMILES string of the molecule is CN=C(NCc1ccc(CN2CCCC(C)C2)cc1)NC1CCN(C(=O)C(C)C)C1. The van der Waals surface area contributed by atoms with Crippen LogP contribution >= 0.6 is 0 Å². The fourth-order valence-electron chi connectivity index (χ4n) is 4.47. The molecule has 3 rings (SSSR count). The van der Waals surface area contributed by atoms with Crippen LogP contribution in [0.1, 0.15) is 51.2 Å². The second-order valence-corrected chi connectivity index (χ2v) is 9.29. The van der Waals surface area contributed by atoms with Crippen molar-refractivity contribution >= 4 is 11.9 Å². The second kappa shape index (κ2) is 10.8. The van der Waals surface area contributed by atoms with Gasteiger partial charge in [-0.3, -0.25) is 14.7 Å². The van der Waals surface area contributed by atoms with Crippen molar-refractivity contribution < 1.29 is 4.79 Å². The zero-order valence-electron chi connectivity index (χ0n) is 19.2. The number of nitrogens with zero attached hydrogens (tertiary/aromatic N) is 3. The summed E-state index contributed by atoms with van der Waals surface area (Å²) in [5, 5.41) is 6.88. The molecule has 0 saturated carbocycles. The van der Waals surface area contributed by atoms with Crippen molar-refractivity contribution in [3.05, 3.63) is 35.4 Å². The van der Waals surface area contributed by atoms with Crippen LogP contribution in [-0.4, -0.2) is 60.9 Å². The molecule has 6 nitrogen and oxygen atoms in total. The lowest BCUT2D eigenvalue weighted by molar-refractivity contribution is -0.133. The van der Waals surface area contributed by atoms with E-state index in [1.54, 1.807) is 7.05 Å². The molecule has 2 N–H and O–H groups in total. The van der Waals surface area contributed by atoms with Crippen molar-refractivity contribution in [2.24, 2.45) is 16.8 Å². The van der Waals surface area contributed by atoms with E-state index in [2.05, 4.69) is 51.7 Å². The topological polar surface area (TPSA) is 60.0 Å². The van der Waals surface area contributed by atoms with Gasteiger partial charge in [0.2, 0.25) is 5.91 Å². The van der Waals surface area contributed by atoms with E-state index in [1.807, 2.05) is 18.7 Å². The van der Waals surface area contributed by atoms with E-state index >= 15 is 0 Å². The first-order chi connectivity index (χ1) is 14.4. The number of amides is 1. The highest BCUT2D eigenvalue weighted by Gasteiger charge is 2.27. The Labute approximate surface area is 182 Å². The van der Waals surface area contributed by atoms with Gasteiger partial charge < -0.3 is 15.5 Å². The Hall–Kier alpha value is -2.08. The molecule has 1 aromatic carbocycles. The van der Waals surface area contributed by atoms with Gasteiger partial charge in [-0.25, -0.2) is 0 Å². The Kier molecular flexibility index (Phi) is 8.14. The molecule has 2 aliphatic heterocycles. The van der Waals surface area contributed by atoms with Gasteiger partial charge in [-0.2, -0.15) is 0 Å². The predicted molar refractivity (Wildman–Crippen MR) is 123 cm³/mol. The summed E-state index contributed by atoms with van der Waals surface area (Å²) in [5.41, 5.74) is 2.63. The van der Waals surface area contributed by atoms with E-state index in [0.29, 0.717) is 0 Å². The fraction of sp³-hybridized carbons (Fsp3) is 0.667. The van der Waals surface area contributed by atoms with Crippen molar-refractivity contribution in [1.29, 1.82) is 0 Å². The van der Waals surface area contributed by atoms with Gasteiger partial charge in [0.25, 0.3) is 0 Å². The molecule has 0 radical (unpaired) electrons. The third-order valence-corrected chi connectivity index (χ3v) is 6.19. The third kappa shape index (κ3) is 6.46.